The van der Waals surface area contributed by atoms with Crippen molar-refractivity contribution >= 4 is 35.6 Å². The smallest absolute Gasteiger partial charge is 0.193 e. The van der Waals surface area contributed by atoms with Crippen molar-refractivity contribution < 1.29 is 4.74 Å². The Morgan fingerprint density at radius 3 is 2.48 bits per heavy atom. The molecule has 1 heterocycles. The molecule has 0 saturated carbocycles. The van der Waals surface area contributed by atoms with Gasteiger partial charge in [-0.1, -0.05) is 17.7 Å². The number of nitrogens with one attached hydrogen (secondary N) is 1. The molecule has 1 aliphatic heterocycles. The number of halogens is 1. The number of guanidine groups is 1. The number of benzene rings is 1. The van der Waals surface area contributed by atoms with Crippen LogP contribution in [-0.4, -0.2) is 49.2 Å². The molecule has 2 atom stereocenters. The quantitative estimate of drug-likeness (QED) is 0.325. The molecule has 2 rings (SSSR count). The summed E-state index contributed by atoms with van der Waals surface area (Å²) in [6.45, 7) is 10.1. The number of rotatable bonds is 5. The van der Waals surface area contributed by atoms with Gasteiger partial charge in [-0.25, -0.2) is 0 Å². The molecule has 2 unspecified atom stereocenters. The van der Waals surface area contributed by atoms with Crippen molar-refractivity contribution in [2.45, 2.75) is 39.4 Å². The van der Waals surface area contributed by atoms with E-state index in [0.29, 0.717) is 18.2 Å². The number of aryl methyl sites for hydroxylation is 1. The van der Waals surface area contributed by atoms with Gasteiger partial charge < -0.3 is 15.8 Å². The third-order valence-electron chi connectivity index (χ3n) is 3.73. The second-order valence-electron chi connectivity index (χ2n) is 6.13. The van der Waals surface area contributed by atoms with E-state index in [1.807, 2.05) is 12.1 Å². The van der Waals surface area contributed by atoms with E-state index >= 15 is 0 Å². The number of ether oxygens (including phenoxy) is 1. The number of hydrogen-bond donors (Lipinski definition) is 2. The molecule has 6 heteroatoms. The highest BCUT2D eigenvalue weighted by atomic mass is 127. The molecule has 1 aromatic rings. The van der Waals surface area contributed by atoms with Crippen LogP contribution in [0.4, 0.5) is 5.69 Å². The maximum absolute atomic E-state index is 5.91. The Morgan fingerprint density at radius 1 is 1.26 bits per heavy atom. The summed E-state index contributed by atoms with van der Waals surface area (Å²) in [4.78, 5) is 6.83. The van der Waals surface area contributed by atoms with Crippen LogP contribution >= 0.6 is 24.0 Å². The molecule has 0 amide bonds. The molecule has 130 valence electrons. The maximum Gasteiger partial charge on any atom is 0.193 e. The Morgan fingerprint density at radius 2 is 1.87 bits per heavy atom. The highest BCUT2D eigenvalue weighted by Crippen LogP contribution is 2.11. The first-order valence-corrected chi connectivity index (χ1v) is 8.04. The Labute approximate surface area is 156 Å². The van der Waals surface area contributed by atoms with E-state index in [2.05, 4.69) is 48.1 Å². The maximum atomic E-state index is 5.91. The van der Waals surface area contributed by atoms with Gasteiger partial charge in [0, 0.05) is 31.9 Å². The lowest BCUT2D eigenvalue weighted by atomic mass is 10.2. The fraction of sp³-hybridized carbons (Fsp3) is 0.588. The minimum Gasteiger partial charge on any atom is -0.373 e. The van der Waals surface area contributed by atoms with Gasteiger partial charge in [-0.05, 0) is 39.3 Å². The molecule has 5 nitrogen and oxygen atoms in total. The van der Waals surface area contributed by atoms with Crippen molar-refractivity contribution in [3.05, 3.63) is 29.8 Å². The highest BCUT2D eigenvalue weighted by molar-refractivity contribution is 14.0. The van der Waals surface area contributed by atoms with Gasteiger partial charge in [-0.3, -0.25) is 9.89 Å². The van der Waals surface area contributed by atoms with Crippen LogP contribution in [0, 0.1) is 6.92 Å². The lowest BCUT2D eigenvalue weighted by Crippen LogP contribution is -2.45. The van der Waals surface area contributed by atoms with Crippen molar-refractivity contribution in [1.82, 2.24) is 4.90 Å². The van der Waals surface area contributed by atoms with Gasteiger partial charge in [0.05, 0.1) is 12.2 Å². The Bertz CT molecular complexity index is 482. The minimum atomic E-state index is 0. The van der Waals surface area contributed by atoms with E-state index in [1.54, 1.807) is 0 Å². The summed E-state index contributed by atoms with van der Waals surface area (Å²) in [6.07, 6.45) is 1.65. The predicted octanol–water partition coefficient (Wildman–Crippen LogP) is 2.84. The van der Waals surface area contributed by atoms with E-state index in [4.69, 9.17) is 10.5 Å². The lowest BCUT2D eigenvalue weighted by molar-refractivity contribution is -0.0679. The SMILES string of the molecule is Cc1ccc(NC(N)=NCCCN2CC(C)OC(C)C2)cc1.I. The van der Waals surface area contributed by atoms with E-state index < -0.39 is 0 Å². The van der Waals surface area contributed by atoms with E-state index in [-0.39, 0.29) is 24.0 Å². The summed E-state index contributed by atoms with van der Waals surface area (Å²) in [5.41, 5.74) is 8.12. The third kappa shape index (κ3) is 7.50. The average molecular weight is 432 g/mol. The van der Waals surface area contributed by atoms with Crippen LogP contribution in [0.15, 0.2) is 29.3 Å². The van der Waals surface area contributed by atoms with E-state index in [0.717, 1.165) is 38.3 Å². The van der Waals surface area contributed by atoms with Crippen molar-refractivity contribution in [2.75, 3.05) is 31.5 Å². The molecular formula is C17H29IN4O. The number of anilines is 1. The van der Waals surface area contributed by atoms with Gasteiger partial charge in [0.2, 0.25) is 0 Å². The molecule has 1 fully saturated rings. The molecule has 23 heavy (non-hydrogen) atoms. The number of nitrogens with zero attached hydrogens (tertiary/aromatic N) is 2. The summed E-state index contributed by atoms with van der Waals surface area (Å²) in [5, 5.41) is 3.12. The molecule has 0 spiro atoms. The molecule has 0 aliphatic carbocycles. The second kappa shape index (κ2) is 10.1. The van der Waals surface area contributed by atoms with Gasteiger partial charge in [0.1, 0.15) is 0 Å². The second-order valence-corrected chi connectivity index (χ2v) is 6.13. The largest absolute Gasteiger partial charge is 0.373 e. The molecule has 0 bridgehead atoms. The Balaban J connectivity index is 0.00000264. The number of aliphatic imine (C=N–C) groups is 1. The number of morpholine rings is 1. The number of hydrogen-bond acceptors (Lipinski definition) is 3. The summed E-state index contributed by atoms with van der Waals surface area (Å²) >= 11 is 0. The molecule has 0 aromatic heterocycles. The molecular weight excluding hydrogens is 403 g/mol. The van der Waals surface area contributed by atoms with E-state index in [1.165, 1.54) is 5.56 Å². The van der Waals surface area contributed by atoms with Gasteiger partial charge in [0.15, 0.2) is 5.96 Å². The van der Waals surface area contributed by atoms with Crippen LogP contribution in [0.3, 0.4) is 0 Å². The lowest BCUT2D eigenvalue weighted by Gasteiger charge is -2.35. The van der Waals surface area contributed by atoms with Crippen molar-refractivity contribution in [3.63, 3.8) is 0 Å². The Hall–Kier alpha value is -0.860. The van der Waals surface area contributed by atoms with Crippen LogP contribution in [0.2, 0.25) is 0 Å². The van der Waals surface area contributed by atoms with Crippen LogP contribution in [0.1, 0.15) is 25.8 Å². The van der Waals surface area contributed by atoms with Crippen LogP contribution in [0.25, 0.3) is 0 Å². The van der Waals surface area contributed by atoms with Crippen molar-refractivity contribution in [1.29, 1.82) is 0 Å². The molecule has 3 N–H and O–H groups in total. The van der Waals surface area contributed by atoms with Gasteiger partial charge >= 0.3 is 0 Å². The molecule has 1 saturated heterocycles. The van der Waals surface area contributed by atoms with Gasteiger partial charge in [-0.15, -0.1) is 24.0 Å². The normalized spacial score (nSPS) is 22.5. The summed E-state index contributed by atoms with van der Waals surface area (Å²) in [5.74, 6) is 0.479. The molecule has 0 radical (unpaired) electrons. The number of nitrogens with two attached hydrogens (primary N) is 1. The summed E-state index contributed by atoms with van der Waals surface area (Å²) in [6, 6.07) is 8.12. The third-order valence-corrected chi connectivity index (χ3v) is 3.73. The first-order chi connectivity index (χ1) is 10.5. The zero-order chi connectivity index (χ0) is 15.9. The predicted molar refractivity (Wildman–Crippen MR) is 108 cm³/mol. The molecule has 1 aromatic carbocycles. The van der Waals surface area contributed by atoms with Crippen LogP contribution < -0.4 is 11.1 Å². The zero-order valence-corrected chi connectivity index (χ0v) is 16.6. The topological polar surface area (TPSA) is 62.9 Å². The standard InChI is InChI=1S/C17H28N4O.HI/c1-13-5-7-16(8-6-13)20-17(18)19-9-4-10-21-11-14(2)22-15(3)12-21;/h5-8,14-15H,4,9-12H2,1-3H3,(H3,18,19,20);1H. The van der Waals surface area contributed by atoms with Gasteiger partial charge in [-0.2, -0.15) is 0 Å². The highest BCUT2D eigenvalue weighted by Gasteiger charge is 2.21. The minimum absolute atomic E-state index is 0. The fourth-order valence-electron chi connectivity index (χ4n) is 2.79. The average Bonchev–Trinajstić information content (AvgIpc) is 2.45. The molecule has 1 aliphatic rings. The fourth-order valence-corrected chi connectivity index (χ4v) is 2.79. The first kappa shape index (κ1) is 20.2. The van der Waals surface area contributed by atoms with Gasteiger partial charge in [0.25, 0.3) is 0 Å². The Kier molecular flexibility index (Phi) is 8.86. The van der Waals surface area contributed by atoms with Crippen LogP contribution in [-0.2, 0) is 4.74 Å². The monoisotopic (exact) mass is 432 g/mol. The van der Waals surface area contributed by atoms with Crippen molar-refractivity contribution in [3.8, 4) is 0 Å². The zero-order valence-electron chi connectivity index (χ0n) is 14.3. The van der Waals surface area contributed by atoms with Crippen LogP contribution in [0.5, 0.6) is 0 Å². The van der Waals surface area contributed by atoms with E-state index in [9.17, 15) is 0 Å². The summed E-state index contributed by atoms with van der Waals surface area (Å²) in [7, 11) is 0. The van der Waals surface area contributed by atoms with Crippen molar-refractivity contribution in [2.24, 2.45) is 10.7 Å². The summed E-state index contributed by atoms with van der Waals surface area (Å²) < 4.78 is 5.74. The first-order valence-electron chi connectivity index (χ1n) is 8.04.